The van der Waals surface area contributed by atoms with Crippen molar-refractivity contribution >= 4 is 11.9 Å². The molecule has 2 aliphatic heterocycles. The van der Waals surface area contributed by atoms with Gasteiger partial charge < -0.3 is 20.2 Å². The monoisotopic (exact) mass is 305 g/mol. The summed E-state index contributed by atoms with van der Waals surface area (Å²) in [5, 5.41) is 13.7. The number of piperazine rings is 1. The Morgan fingerprint density at radius 3 is 2.45 bits per heavy atom. The van der Waals surface area contributed by atoms with E-state index in [0.29, 0.717) is 31.9 Å². The molecule has 3 rings (SSSR count). The summed E-state index contributed by atoms with van der Waals surface area (Å²) in [6.45, 7) is 4.34. The average Bonchev–Trinajstić information content (AvgIpc) is 2.56. The highest BCUT2D eigenvalue weighted by molar-refractivity contribution is 5.77. The number of nitrogens with zero attached hydrogens (tertiary/aromatic N) is 4. The molecule has 120 valence electrons. The summed E-state index contributed by atoms with van der Waals surface area (Å²) >= 11 is 0. The summed E-state index contributed by atoms with van der Waals surface area (Å²) in [5.41, 5.74) is -0.831. The molecule has 22 heavy (non-hydrogen) atoms. The molecular formula is C15H23N5O2. The van der Waals surface area contributed by atoms with Gasteiger partial charge in [-0.05, 0) is 32.0 Å². The standard InChI is InChI=1S/C15H23N5O2/c21-13(12-15(22)2-6-16-7-3-15)19-8-10-20(11-9-19)14-17-4-1-5-18-14/h1,4-5,16,22H,2-3,6-12H2. The Labute approximate surface area is 130 Å². The van der Waals surface area contributed by atoms with Gasteiger partial charge >= 0.3 is 0 Å². The van der Waals surface area contributed by atoms with Gasteiger partial charge in [-0.1, -0.05) is 0 Å². The van der Waals surface area contributed by atoms with Crippen LogP contribution >= 0.6 is 0 Å². The highest BCUT2D eigenvalue weighted by Crippen LogP contribution is 2.23. The molecule has 0 unspecified atom stereocenters. The molecule has 0 aromatic carbocycles. The van der Waals surface area contributed by atoms with Crippen LogP contribution < -0.4 is 10.2 Å². The zero-order valence-electron chi connectivity index (χ0n) is 12.7. The molecule has 1 aromatic rings. The van der Waals surface area contributed by atoms with Crippen molar-refractivity contribution in [3.05, 3.63) is 18.5 Å². The topological polar surface area (TPSA) is 81.6 Å². The van der Waals surface area contributed by atoms with Gasteiger partial charge in [-0.15, -0.1) is 0 Å². The van der Waals surface area contributed by atoms with Crippen LogP contribution in [0.15, 0.2) is 18.5 Å². The zero-order valence-corrected chi connectivity index (χ0v) is 12.7. The van der Waals surface area contributed by atoms with E-state index in [-0.39, 0.29) is 12.3 Å². The number of hydrogen-bond donors (Lipinski definition) is 2. The smallest absolute Gasteiger partial charge is 0.225 e. The number of aromatic nitrogens is 2. The van der Waals surface area contributed by atoms with Crippen molar-refractivity contribution in [3.63, 3.8) is 0 Å². The van der Waals surface area contributed by atoms with Crippen molar-refractivity contribution in [2.45, 2.75) is 24.9 Å². The Bertz CT molecular complexity index is 496. The van der Waals surface area contributed by atoms with E-state index in [2.05, 4.69) is 20.2 Å². The lowest BCUT2D eigenvalue weighted by atomic mass is 9.88. The number of carbonyl (C=O) groups excluding carboxylic acids is 1. The molecule has 7 heteroatoms. The molecule has 2 N–H and O–H groups in total. The maximum absolute atomic E-state index is 12.4. The third-order valence-electron chi connectivity index (χ3n) is 4.48. The highest BCUT2D eigenvalue weighted by Gasteiger charge is 2.34. The van der Waals surface area contributed by atoms with E-state index in [0.717, 1.165) is 26.2 Å². The third kappa shape index (κ3) is 3.53. The minimum absolute atomic E-state index is 0.0537. The van der Waals surface area contributed by atoms with Crippen LogP contribution in [0.3, 0.4) is 0 Å². The van der Waals surface area contributed by atoms with Crippen molar-refractivity contribution in [2.24, 2.45) is 0 Å². The third-order valence-corrected chi connectivity index (χ3v) is 4.48. The second-order valence-corrected chi connectivity index (χ2v) is 6.07. The van der Waals surface area contributed by atoms with Crippen LogP contribution in [0.4, 0.5) is 5.95 Å². The molecule has 3 heterocycles. The lowest BCUT2D eigenvalue weighted by molar-refractivity contribution is -0.137. The molecule has 1 amide bonds. The molecule has 0 spiro atoms. The summed E-state index contributed by atoms with van der Waals surface area (Å²) in [6, 6.07) is 1.79. The van der Waals surface area contributed by atoms with Crippen LogP contribution in [0.25, 0.3) is 0 Å². The Morgan fingerprint density at radius 1 is 1.18 bits per heavy atom. The number of carbonyl (C=O) groups is 1. The first-order valence-electron chi connectivity index (χ1n) is 7.89. The van der Waals surface area contributed by atoms with Gasteiger partial charge in [0.15, 0.2) is 0 Å². The average molecular weight is 305 g/mol. The first kappa shape index (κ1) is 15.2. The number of aliphatic hydroxyl groups is 1. The van der Waals surface area contributed by atoms with E-state index >= 15 is 0 Å². The molecule has 0 aliphatic carbocycles. The number of nitrogens with one attached hydrogen (secondary N) is 1. The van der Waals surface area contributed by atoms with Crippen molar-refractivity contribution in [3.8, 4) is 0 Å². The van der Waals surface area contributed by atoms with Crippen LogP contribution in [-0.2, 0) is 4.79 Å². The normalized spacial score (nSPS) is 21.7. The van der Waals surface area contributed by atoms with E-state index in [4.69, 9.17) is 0 Å². The zero-order chi connectivity index (χ0) is 15.4. The fourth-order valence-corrected chi connectivity index (χ4v) is 3.07. The van der Waals surface area contributed by atoms with Crippen LogP contribution in [0.1, 0.15) is 19.3 Å². The Hall–Kier alpha value is -1.73. The Kier molecular flexibility index (Phi) is 4.54. The summed E-state index contributed by atoms with van der Waals surface area (Å²) in [6.07, 6.45) is 4.99. The maximum Gasteiger partial charge on any atom is 0.225 e. The summed E-state index contributed by atoms with van der Waals surface area (Å²) in [4.78, 5) is 24.8. The first-order chi connectivity index (χ1) is 10.7. The molecule has 2 saturated heterocycles. The van der Waals surface area contributed by atoms with Crippen molar-refractivity contribution < 1.29 is 9.90 Å². The SMILES string of the molecule is O=C(CC1(O)CCNCC1)N1CCN(c2ncccn2)CC1. The van der Waals surface area contributed by atoms with Gasteiger partial charge in [0.1, 0.15) is 0 Å². The molecule has 0 bridgehead atoms. The van der Waals surface area contributed by atoms with Crippen LogP contribution in [0.2, 0.25) is 0 Å². The number of rotatable bonds is 3. The molecule has 0 saturated carbocycles. The number of hydrogen-bond acceptors (Lipinski definition) is 6. The maximum atomic E-state index is 12.4. The van der Waals surface area contributed by atoms with Crippen molar-refractivity contribution in [1.82, 2.24) is 20.2 Å². The van der Waals surface area contributed by atoms with Gasteiger partial charge in [0.25, 0.3) is 0 Å². The quantitative estimate of drug-likeness (QED) is 0.793. The van der Waals surface area contributed by atoms with E-state index in [1.807, 2.05) is 4.90 Å². The molecular weight excluding hydrogens is 282 g/mol. The van der Waals surface area contributed by atoms with Crippen molar-refractivity contribution in [2.75, 3.05) is 44.2 Å². The predicted octanol–water partition coefficient (Wildman–Crippen LogP) is -0.370. The van der Waals surface area contributed by atoms with Gasteiger partial charge in [-0.25, -0.2) is 9.97 Å². The summed E-state index contributed by atoms with van der Waals surface area (Å²) < 4.78 is 0. The number of piperidine rings is 1. The second kappa shape index (κ2) is 6.58. The van der Waals surface area contributed by atoms with Gasteiger partial charge in [0.05, 0.1) is 12.0 Å². The molecule has 1 aromatic heterocycles. The second-order valence-electron chi connectivity index (χ2n) is 6.07. The number of anilines is 1. The van der Waals surface area contributed by atoms with Gasteiger partial charge in [-0.2, -0.15) is 0 Å². The minimum Gasteiger partial charge on any atom is -0.389 e. The predicted molar refractivity (Wildman–Crippen MR) is 82.5 cm³/mol. The van der Waals surface area contributed by atoms with E-state index in [9.17, 15) is 9.90 Å². The largest absolute Gasteiger partial charge is 0.389 e. The van der Waals surface area contributed by atoms with Gasteiger partial charge in [0.2, 0.25) is 11.9 Å². The molecule has 2 aliphatic rings. The Balaban J connectivity index is 1.51. The fourth-order valence-electron chi connectivity index (χ4n) is 3.07. The van der Waals surface area contributed by atoms with Crippen LogP contribution in [0.5, 0.6) is 0 Å². The van der Waals surface area contributed by atoms with Gasteiger partial charge in [0, 0.05) is 38.6 Å². The molecule has 7 nitrogen and oxygen atoms in total. The molecule has 0 radical (unpaired) electrons. The van der Waals surface area contributed by atoms with E-state index in [1.165, 1.54) is 0 Å². The van der Waals surface area contributed by atoms with Crippen LogP contribution in [-0.4, -0.2) is 70.8 Å². The van der Waals surface area contributed by atoms with Crippen LogP contribution in [0, 0.1) is 0 Å². The lowest BCUT2D eigenvalue weighted by Gasteiger charge is -2.38. The summed E-state index contributed by atoms with van der Waals surface area (Å²) in [7, 11) is 0. The minimum atomic E-state index is -0.831. The van der Waals surface area contributed by atoms with Gasteiger partial charge in [-0.3, -0.25) is 4.79 Å². The fraction of sp³-hybridized carbons (Fsp3) is 0.667. The summed E-state index contributed by atoms with van der Waals surface area (Å²) in [5.74, 6) is 0.768. The number of amides is 1. The Morgan fingerprint density at radius 2 is 1.82 bits per heavy atom. The first-order valence-corrected chi connectivity index (χ1v) is 7.89. The lowest BCUT2D eigenvalue weighted by Crippen LogP contribution is -2.52. The molecule has 2 fully saturated rings. The highest BCUT2D eigenvalue weighted by atomic mass is 16.3. The van der Waals surface area contributed by atoms with E-state index < -0.39 is 5.60 Å². The molecule has 0 atom stereocenters. The van der Waals surface area contributed by atoms with E-state index in [1.54, 1.807) is 18.5 Å². The van der Waals surface area contributed by atoms with Crippen molar-refractivity contribution in [1.29, 1.82) is 0 Å².